The molecule has 2 heterocycles. The van der Waals surface area contributed by atoms with Crippen molar-refractivity contribution in [3.63, 3.8) is 0 Å². The molecule has 0 spiro atoms. The van der Waals surface area contributed by atoms with Gasteiger partial charge in [0.1, 0.15) is 11.4 Å². The quantitative estimate of drug-likeness (QED) is 0.807. The summed E-state index contributed by atoms with van der Waals surface area (Å²) in [7, 11) is -3.74. The number of anilines is 1. The van der Waals surface area contributed by atoms with Crippen LogP contribution < -0.4 is 4.72 Å². The van der Waals surface area contributed by atoms with Crippen molar-refractivity contribution in [2.45, 2.75) is 11.4 Å². The van der Waals surface area contributed by atoms with E-state index in [9.17, 15) is 13.2 Å². The van der Waals surface area contributed by atoms with Crippen LogP contribution in [0, 0.1) is 0 Å². The molecule has 9 heteroatoms. The summed E-state index contributed by atoms with van der Waals surface area (Å²) in [5.74, 6) is -1.07. The number of aromatic nitrogens is 3. The van der Waals surface area contributed by atoms with Gasteiger partial charge in [-0.1, -0.05) is 0 Å². The van der Waals surface area contributed by atoms with E-state index in [1.807, 2.05) is 0 Å². The topological polar surface area (TPSA) is 114 Å². The van der Waals surface area contributed by atoms with Gasteiger partial charge in [-0.2, -0.15) is 5.10 Å². The zero-order valence-corrected chi connectivity index (χ0v) is 10.4. The lowest BCUT2D eigenvalue weighted by Gasteiger charge is -2.04. The Morgan fingerprint density at radius 1 is 1.42 bits per heavy atom. The van der Waals surface area contributed by atoms with Crippen LogP contribution >= 0.6 is 0 Å². The van der Waals surface area contributed by atoms with E-state index in [1.54, 1.807) is 0 Å². The van der Waals surface area contributed by atoms with Gasteiger partial charge in [0.15, 0.2) is 0 Å². The Balaban J connectivity index is 2.17. The minimum atomic E-state index is -3.74. The Hall–Kier alpha value is -2.42. The number of nitrogens with zero attached hydrogens (tertiary/aromatic N) is 3. The molecular weight excluding hydrogens is 272 g/mol. The van der Waals surface area contributed by atoms with Crippen LogP contribution in [-0.2, 0) is 21.4 Å². The van der Waals surface area contributed by atoms with Crippen molar-refractivity contribution in [2.75, 3.05) is 4.72 Å². The highest BCUT2D eigenvalue weighted by atomic mass is 32.2. The third-order valence-corrected chi connectivity index (χ3v) is 3.49. The second-order valence-corrected chi connectivity index (χ2v) is 5.30. The molecule has 0 unspecified atom stereocenters. The maximum Gasteiger partial charge on any atom is 0.325 e. The van der Waals surface area contributed by atoms with E-state index >= 15 is 0 Å². The van der Waals surface area contributed by atoms with Gasteiger partial charge in [-0.3, -0.25) is 19.2 Å². The predicted octanol–water partition coefficient (Wildman–Crippen LogP) is 0.163. The van der Waals surface area contributed by atoms with Gasteiger partial charge in [0.2, 0.25) is 0 Å². The van der Waals surface area contributed by atoms with Crippen LogP contribution in [0.15, 0.2) is 41.8 Å². The number of carboxylic acids is 1. The average Bonchev–Trinajstić information content (AvgIpc) is 2.76. The first kappa shape index (κ1) is 13.0. The van der Waals surface area contributed by atoms with Crippen LogP contribution in [0.3, 0.4) is 0 Å². The van der Waals surface area contributed by atoms with Gasteiger partial charge in [-0.25, -0.2) is 8.42 Å². The van der Waals surface area contributed by atoms with Crippen LogP contribution in [0.1, 0.15) is 0 Å². The number of hydrogen-bond acceptors (Lipinski definition) is 5. The summed E-state index contributed by atoms with van der Waals surface area (Å²) in [6, 6.07) is 2.90. The summed E-state index contributed by atoms with van der Waals surface area (Å²) in [4.78, 5) is 14.2. The maximum absolute atomic E-state index is 11.9. The highest BCUT2D eigenvalue weighted by Gasteiger charge is 2.15. The second-order valence-electron chi connectivity index (χ2n) is 3.61. The highest BCUT2D eigenvalue weighted by molar-refractivity contribution is 7.92. The number of carbonyl (C=O) groups is 1. The van der Waals surface area contributed by atoms with Crippen molar-refractivity contribution >= 4 is 21.7 Å². The number of pyridine rings is 1. The van der Waals surface area contributed by atoms with E-state index in [-0.39, 0.29) is 17.1 Å². The lowest BCUT2D eigenvalue weighted by Crippen LogP contribution is -2.13. The summed E-state index contributed by atoms with van der Waals surface area (Å²) in [5, 5.41) is 12.3. The first-order valence-electron chi connectivity index (χ1n) is 5.14. The number of hydrogen-bond donors (Lipinski definition) is 2. The van der Waals surface area contributed by atoms with Crippen LogP contribution in [0.2, 0.25) is 0 Å². The Labute approximate surface area is 108 Å². The largest absolute Gasteiger partial charge is 0.480 e. The molecule has 0 bridgehead atoms. The molecule has 0 amide bonds. The molecule has 8 nitrogen and oxygen atoms in total. The lowest BCUT2D eigenvalue weighted by molar-refractivity contribution is -0.137. The molecule has 2 aromatic heterocycles. The molecule has 0 atom stereocenters. The number of nitrogens with one attached hydrogen (secondary N) is 1. The highest BCUT2D eigenvalue weighted by Crippen LogP contribution is 2.13. The van der Waals surface area contributed by atoms with E-state index in [2.05, 4.69) is 14.8 Å². The third-order valence-electron chi connectivity index (χ3n) is 2.13. The molecule has 0 saturated heterocycles. The Bertz CT molecular complexity index is 681. The van der Waals surface area contributed by atoms with E-state index < -0.39 is 16.0 Å². The van der Waals surface area contributed by atoms with E-state index in [0.717, 1.165) is 4.68 Å². The monoisotopic (exact) mass is 282 g/mol. The van der Waals surface area contributed by atoms with Crippen LogP contribution in [0.4, 0.5) is 5.69 Å². The summed E-state index contributed by atoms with van der Waals surface area (Å²) in [5.41, 5.74) is 0.185. The van der Waals surface area contributed by atoms with Crippen LogP contribution in [0.5, 0.6) is 0 Å². The van der Waals surface area contributed by atoms with Gasteiger partial charge in [0, 0.05) is 18.6 Å². The third kappa shape index (κ3) is 3.28. The van der Waals surface area contributed by atoms with Gasteiger partial charge in [-0.15, -0.1) is 0 Å². The van der Waals surface area contributed by atoms with Crippen molar-refractivity contribution in [3.05, 3.63) is 36.9 Å². The zero-order chi connectivity index (χ0) is 13.9. The predicted molar refractivity (Wildman–Crippen MR) is 64.9 cm³/mol. The molecule has 19 heavy (non-hydrogen) atoms. The molecule has 0 aliphatic rings. The van der Waals surface area contributed by atoms with Crippen molar-refractivity contribution in [1.29, 1.82) is 0 Å². The fourth-order valence-corrected chi connectivity index (χ4v) is 2.35. The molecular formula is C10H10N4O4S. The van der Waals surface area contributed by atoms with Crippen LogP contribution in [-0.4, -0.2) is 34.3 Å². The van der Waals surface area contributed by atoms with Gasteiger partial charge in [0.05, 0.1) is 11.9 Å². The zero-order valence-electron chi connectivity index (χ0n) is 9.59. The van der Waals surface area contributed by atoms with E-state index in [1.165, 1.54) is 36.9 Å². The molecule has 0 aliphatic heterocycles. The number of aliphatic carboxylic acids is 1. The van der Waals surface area contributed by atoms with Crippen LogP contribution in [0.25, 0.3) is 0 Å². The van der Waals surface area contributed by atoms with Gasteiger partial charge in [0.25, 0.3) is 10.0 Å². The minimum absolute atomic E-state index is 0.0148. The molecule has 0 fully saturated rings. The summed E-state index contributed by atoms with van der Waals surface area (Å²) >= 11 is 0. The van der Waals surface area contributed by atoms with Crippen molar-refractivity contribution in [2.24, 2.45) is 0 Å². The first-order valence-corrected chi connectivity index (χ1v) is 6.63. The molecule has 2 rings (SSSR count). The summed E-state index contributed by atoms with van der Waals surface area (Å²) in [6.07, 6.45) is 5.20. The van der Waals surface area contributed by atoms with Crippen molar-refractivity contribution in [3.8, 4) is 0 Å². The van der Waals surface area contributed by atoms with E-state index in [4.69, 9.17) is 5.11 Å². The maximum atomic E-state index is 11.9. The number of carboxylic acid groups (broad SMARTS) is 1. The van der Waals surface area contributed by atoms with Gasteiger partial charge in [-0.05, 0) is 12.1 Å². The molecule has 0 saturated carbocycles. The molecule has 0 aromatic carbocycles. The minimum Gasteiger partial charge on any atom is -0.480 e. The fraction of sp³-hybridized carbons (Fsp3) is 0.100. The first-order chi connectivity index (χ1) is 8.97. The smallest absolute Gasteiger partial charge is 0.325 e. The molecule has 2 aromatic rings. The number of rotatable bonds is 5. The van der Waals surface area contributed by atoms with Crippen molar-refractivity contribution < 1.29 is 18.3 Å². The van der Waals surface area contributed by atoms with Crippen molar-refractivity contribution in [1.82, 2.24) is 14.8 Å². The summed E-state index contributed by atoms with van der Waals surface area (Å²) < 4.78 is 27.3. The Kier molecular flexibility index (Phi) is 3.47. The SMILES string of the molecule is O=C(O)Cn1cc(NS(=O)(=O)c2cccnc2)cn1. The standard InChI is InChI=1S/C10H10N4O4S/c15-10(16)7-14-6-8(4-12-14)13-19(17,18)9-2-1-3-11-5-9/h1-6,13H,7H2,(H,15,16). The Morgan fingerprint density at radius 2 is 2.21 bits per heavy atom. The van der Waals surface area contributed by atoms with E-state index in [0.29, 0.717) is 0 Å². The Morgan fingerprint density at radius 3 is 2.84 bits per heavy atom. The molecule has 100 valence electrons. The normalized spacial score (nSPS) is 11.2. The van der Waals surface area contributed by atoms with Gasteiger partial charge >= 0.3 is 5.97 Å². The molecule has 2 N–H and O–H groups in total. The summed E-state index contributed by atoms with van der Waals surface area (Å²) in [6.45, 7) is -0.339. The average molecular weight is 282 g/mol. The lowest BCUT2D eigenvalue weighted by atomic mass is 10.5. The second kappa shape index (κ2) is 5.06. The number of sulfonamides is 1. The van der Waals surface area contributed by atoms with Gasteiger partial charge < -0.3 is 5.11 Å². The molecule has 0 aliphatic carbocycles. The molecule has 0 radical (unpaired) electrons. The fourth-order valence-electron chi connectivity index (χ4n) is 1.36.